The zero-order valence-electron chi connectivity index (χ0n) is 22.4. The third-order valence-electron chi connectivity index (χ3n) is 7.13. The Kier molecular flexibility index (Phi) is 8.18. The van der Waals surface area contributed by atoms with Gasteiger partial charge in [-0.1, -0.05) is 17.7 Å². The van der Waals surface area contributed by atoms with Gasteiger partial charge in [-0.25, -0.2) is 14.4 Å². The van der Waals surface area contributed by atoms with Crippen LogP contribution in [0.4, 0.5) is 21.6 Å². The van der Waals surface area contributed by atoms with Gasteiger partial charge in [-0.05, 0) is 63.8 Å². The fraction of sp³-hybridized carbons (Fsp3) is 0.379. The fourth-order valence-electron chi connectivity index (χ4n) is 4.81. The molecule has 1 amide bonds. The summed E-state index contributed by atoms with van der Waals surface area (Å²) in [7, 11) is 0. The average Bonchev–Trinajstić information content (AvgIpc) is 3.42. The molecule has 0 bridgehead atoms. The van der Waals surface area contributed by atoms with Crippen LogP contribution in [0.3, 0.4) is 0 Å². The van der Waals surface area contributed by atoms with Gasteiger partial charge in [0.15, 0.2) is 0 Å². The zero-order valence-corrected chi connectivity index (χ0v) is 23.1. The summed E-state index contributed by atoms with van der Waals surface area (Å²) in [5.74, 6) is -0.155. The zero-order chi connectivity index (χ0) is 28.3. The predicted octanol–water partition coefficient (Wildman–Crippen LogP) is 5.62. The van der Waals surface area contributed by atoms with Crippen LogP contribution in [0.1, 0.15) is 39.5 Å². The van der Waals surface area contributed by atoms with Crippen molar-refractivity contribution in [2.75, 3.05) is 30.3 Å². The molecule has 2 heterocycles. The summed E-state index contributed by atoms with van der Waals surface area (Å²) in [4.78, 5) is 35.5. The minimum Gasteiger partial charge on any atom is -0.488 e. The van der Waals surface area contributed by atoms with E-state index in [1.165, 1.54) is 24.5 Å². The molecule has 40 heavy (non-hydrogen) atoms. The molecule has 5 rings (SSSR count). The number of carbonyl (C=O) groups is 2. The van der Waals surface area contributed by atoms with Crippen molar-refractivity contribution in [1.82, 2.24) is 14.9 Å². The largest absolute Gasteiger partial charge is 0.488 e. The van der Waals surface area contributed by atoms with Crippen LogP contribution in [0.25, 0.3) is 10.9 Å². The van der Waals surface area contributed by atoms with Gasteiger partial charge in [0.1, 0.15) is 30.3 Å². The second-order valence-electron chi connectivity index (χ2n) is 10.6. The molecule has 0 spiro atoms. The van der Waals surface area contributed by atoms with E-state index in [1.807, 2.05) is 18.7 Å². The van der Waals surface area contributed by atoms with E-state index in [2.05, 4.69) is 20.6 Å². The summed E-state index contributed by atoms with van der Waals surface area (Å²) in [5.41, 5.74) is 1.32. The van der Waals surface area contributed by atoms with Gasteiger partial charge in [-0.15, -0.1) is 0 Å². The minimum atomic E-state index is -0.518. The Morgan fingerprint density at radius 1 is 1.25 bits per heavy atom. The molecule has 11 heteroatoms. The molecule has 0 unspecified atom stereocenters. The van der Waals surface area contributed by atoms with Gasteiger partial charge in [0, 0.05) is 29.8 Å². The molecule has 1 aliphatic heterocycles. The fourth-order valence-corrected chi connectivity index (χ4v) is 4.99. The van der Waals surface area contributed by atoms with Crippen LogP contribution in [-0.4, -0.2) is 58.1 Å². The van der Waals surface area contributed by atoms with Crippen LogP contribution in [-0.2, 0) is 14.3 Å². The number of carbonyl (C=O) groups excluding carboxylic acids is 2. The Labute approximate surface area is 236 Å². The first-order valence-corrected chi connectivity index (χ1v) is 13.6. The number of amides is 1. The molecule has 2 N–H and O–H groups in total. The summed E-state index contributed by atoms with van der Waals surface area (Å²) >= 11 is 5.95. The van der Waals surface area contributed by atoms with Gasteiger partial charge in [-0.3, -0.25) is 14.5 Å². The lowest BCUT2D eigenvalue weighted by Gasteiger charge is -2.40. The first kappa shape index (κ1) is 27.8. The van der Waals surface area contributed by atoms with E-state index in [-0.39, 0.29) is 35.1 Å². The van der Waals surface area contributed by atoms with E-state index in [0.29, 0.717) is 47.0 Å². The number of esters is 1. The molecule has 1 aromatic heterocycles. The maximum atomic E-state index is 13.7. The molecule has 1 saturated heterocycles. The van der Waals surface area contributed by atoms with E-state index in [4.69, 9.17) is 21.1 Å². The van der Waals surface area contributed by atoms with Crippen molar-refractivity contribution in [3.63, 3.8) is 0 Å². The number of hydrogen-bond acceptors (Lipinski definition) is 8. The van der Waals surface area contributed by atoms with E-state index in [9.17, 15) is 14.0 Å². The number of morpholine rings is 1. The summed E-state index contributed by atoms with van der Waals surface area (Å²) < 4.78 is 25.1. The monoisotopic (exact) mass is 567 g/mol. The molecule has 0 radical (unpaired) electrons. The van der Waals surface area contributed by atoms with Crippen LogP contribution in [0.5, 0.6) is 5.75 Å². The third kappa shape index (κ3) is 6.51. The number of ether oxygens (including phenoxy) is 2. The van der Waals surface area contributed by atoms with Gasteiger partial charge in [0.2, 0.25) is 5.91 Å². The second kappa shape index (κ2) is 11.8. The molecule has 1 aliphatic carbocycles. The molecule has 3 aromatic rings. The van der Waals surface area contributed by atoms with Crippen LogP contribution < -0.4 is 15.4 Å². The maximum Gasteiger partial charge on any atom is 0.320 e. The van der Waals surface area contributed by atoms with Gasteiger partial charge >= 0.3 is 5.97 Å². The number of anilines is 3. The smallest absolute Gasteiger partial charge is 0.320 e. The number of fused-ring (bicyclic) bond motifs is 1. The molecule has 210 valence electrons. The topological polar surface area (TPSA) is 106 Å². The third-order valence-corrected chi connectivity index (χ3v) is 7.42. The number of hydrogen-bond donors (Lipinski definition) is 2. The van der Waals surface area contributed by atoms with E-state index < -0.39 is 5.82 Å². The summed E-state index contributed by atoms with van der Waals surface area (Å²) in [6, 6.07) is 7.86. The van der Waals surface area contributed by atoms with Crippen molar-refractivity contribution in [1.29, 1.82) is 0 Å². The van der Waals surface area contributed by atoms with E-state index >= 15 is 0 Å². The van der Waals surface area contributed by atoms with E-state index in [0.717, 1.165) is 25.7 Å². The molecule has 9 nitrogen and oxygen atoms in total. The molecular formula is C29H31ClFN5O4. The quantitative estimate of drug-likeness (QED) is 0.267. The highest BCUT2D eigenvalue weighted by Gasteiger charge is 2.34. The Balaban J connectivity index is 1.40. The second-order valence-corrected chi connectivity index (χ2v) is 11.0. The van der Waals surface area contributed by atoms with Crippen molar-refractivity contribution >= 4 is 51.6 Å². The number of halogens is 2. The van der Waals surface area contributed by atoms with E-state index in [1.54, 1.807) is 24.3 Å². The van der Waals surface area contributed by atoms with Crippen LogP contribution in [0, 0.1) is 5.82 Å². The van der Waals surface area contributed by atoms with Crippen LogP contribution >= 0.6 is 11.6 Å². The Hall–Kier alpha value is -3.76. The Bertz CT molecular complexity index is 1460. The van der Waals surface area contributed by atoms with Gasteiger partial charge in [0.05, 0.1) is 34.4 Å². The number of nitrogens with one attached hydrogen (secondary N) is 2. The van der Waals surface area contributed by atoms with Crippen molar-refractivity contribution in [3.8, 4) is 5.75 Å². The number of cyclic esters (lactones) is 1. The van der Waals surface area contributed by atoms with Gasteiger partial charge in [-0.2, -0.15) is 0 Å². The van der Waals surface area contributed by atoms with Crippen LogP contribution in [0.15, 0.2) is 48.8 Å². The maximum absolute atomic E-state index is 13.7. The van der Waals surface area contributed by atoms with Gasteiger partial charge < -0.3 is 20.1 Å². The highest BCUT2D eigenvalue weighted by Crippen LogP contribution is 2.36. The number of nitrogens with zero attached hydrogens (tertiary/aromatic N) is 3. The minimum absolute atomic E-state index is 0.0137. The van der Waals surface area contributed by atoms with Crippen molar-refractivity contribution in [2.24, 2.45) is 0 Å². The molecule has 2 aliphatic rings. The average molecular weight is 568 g/mol. The van der Waals surface area contributed by atoms with Crippen molar-refractivity contribution < 1.29 is 23.5 Å². The SMILES string of the molecule is CC1(C)COC(=O)CN1C/C=C/C(=O)Nc1cc2c(Nc3ccc(F)c(Cl)c3)ncnc2cc1OC1CCCC1. The van der Waals surface area contributed by atoms with Crippen LogP contribution in [0.2, 0.25) is 5.02 Å². The number of benzene rings is 2. The van der Waals surface area contributed by atoms with Crippen molar-refractivity contribution in [2.45, 2.75) is 51.2 Å². The first-order chi connectivity index (χ1) is 19.2. The predicted molar refractivity (Wildman–Crippen MR) is 151 cm³/mol. The Morgan fingerprint density at radius 2 is 2.05 bits per heavy atom. The molecular weight excluding hydrogens is 537 g/mol. The molecule has 0 atom stereocenters. The summed E-state index contributed by atoms with van der Waals surface area (Å²) in [6.45, 7) is 4.86. The summed E-state index contributed by atoms with van der Waals surface area (Å²) in [5, 5.41) is 6.71. The highest BCUT2D eigenvalue weighted by atomic mass is 35.5. The molecule has 2 fully saturated rings. The number of aromatic nitrogens is 2. The highest BCUT2D eigenvalue weighted by molar-refractivity contribution is 6.31. The van der Waals surface area contributed by atoms with Gasteiger partial charge in [0.25, 0.3) is 0 Å². The lowest BCUT2D eigenvalue weighted by Crippen LogP contribution is -2.54. The first-order valence-electron chi connectivity index (χ1n) is 13.2. The standard InChI is InChI=1S/C29H31ClFN5O4/c1-29(2)16-39-27(38)15-36(29)11-5-8-26(37)35-24-13-20-23(14-25(24)40-19-6-3-4-7-19)32-17-33-28(20)34-18-9-10-22(31)21(30)12-18/h5,8-10,12-14,17,19H,3-4,6-7,11,15-16H2,1-2H3,(H,35,37)(H,32,33,34)/b8-5+. The lowest BCUT2D eigenvalue weighted by atomic mass is 10.0. The molecule has 1 saturated carbocycles. The van der Waals surface area contributed by atoms with Crippen molar-refractivity contribution in [3.05, 3.63) is 59.7 Å². The normalized spacial score (nSPS) is 17.8. The molecule has 2 aromatic carbocycles. The lowest BCUT2D eigenvalue weighted by molar-refractivity contribution is -0.159. The number of rotatable bonds is 8. The Morgan fingerprint density at radius 3 is 2.83 bits per heavy atom. The summed E-state index contributed by atoms with van der Waals surface area (Å²) in [6.07, 6.45) is 8.74.